The van der Waals surface area contributed by atoms with Crippen molar-refractivity contribution in [2.45, 2.75) is 70.6 Å². The number of Topliss-reactive ketones (excluding diaryl/α,β-unsaturated/α-hetero) is 1. The van der Waals surface area contributed by atoms with Gasteiger partial charge in [-0.3, -0.25) is 28.9 Å². The Hall–Kier alpha value is -1.94. The Morgan fingerprint density at radius 2 is 1.76 bits per heavy atom. The molecule has 1 aliphatic heterocycles. The van der Waals surface area contributed by atoms with Crippen LogP contribution in [-0.2, 0) is 24.0 Å². The van der Waals surface area contributed by atoms with Crippen molar-refractivity contribution in [3.63, 3.8) is 0 Å². The summed E-state index contributed by atoms with van der Waals surface area (Å²) in [6, 6.07) is -0.833. The number of unbranched alkanes of at least 4 members (excludes halogenated alkanes) is 2. The minimum atomic E-state index is -0.833. The lowest BCUT2D eigenvalue weighted by Crippen LogP contribution is -2.50. The highest BCUT2D eigenvalue weighted by atomic mass is 32.2. The Morgan fingerprint density at radius 1 is 1.12 bits per heavy atom. The third-order valence-electron chi connectivity index (χ3n) is 5.93. The molecule has 0 aromatic carbocycles. The zero-order chi connectivity index (χ0) is 26.1. The van der Waals surface area contributed by atoms with Gasteiger partial charge in [0.1, 0.15) is 11.8 Å². The van der Waals surface area contributed by atoms with Crippen molar-refractivity contribution in [1.29, 1.82) is 0 Å². The van der Waals surface area contributed by atoms with E-state index in [1.165, 1.54) is 28.6 Å². The van der Waals surface area contributed by atoms with E-state index in [-0.39, 0.29) is 53.9 Å². The van der Waals surface area contributed by atoms with Crippen molar-refractivity contribution < 1.29 is 24.0 Å². The van der Waals surface area contributed by atoms with E-state index in [9.17, 15) is 24.0 Å². The van der Waals surface area contributed by atoms with Crippen molar-refractivity contribution in [1.82, 2.24) is 20.0 Å². The van der Waals surface area contributed by atoms with Gasteiger partial charge in [-0.1, -0.05) is 27.2 Å². The van der Waals surface area contributed by atoms with Crippen molar-refractivity contribution in [2.75, 3.05) is 47.0 Å². The molecule has 1 unspecified atom stereocenters. The maximum absolute atomic E-state index is 12.8. The molecule has 9 nitrogen and oxygen atoms in total. The van der Waals surface area contributed by atoms with Gasteiger partial charge in [-0.05, 0) is 32.7 Å². The zero-order valence-corrected chi connectivity index (χ0v) is 22.6. The smallest absolute Gasteiger partial charge is 0.243 e. The molecule has 1 aliphatic rings. The summed E-state index contributed by atoms with van der Waals surface area (Å²) in [5.41, 5.74) is -0.593. The molecule has 0 aromatic rings. The summed E-state index contributed by atoms with van der Waals surface area (Å²) < 4.78 is 0. The number of amides is 4. The van der Waals surface area contributed by atoms with Crippen LogP contribution in [0.1, 0.15) is 59.3 Å². The van der Waals surface area contributed by atoms with Gasteiger partial charge < -0.3 is 15.1 Å². The summed E-state index contributed by atoms with van der Waals surface area (Å²) in [6.07, 6.45) is 2.82. The van der Waals surface area contributed by atoms with Gasteiger partial charge in [-0.25, -0.2) is 0 Å². The van der Waals surface area contributed by atoms with E-state index in [1.807, 2.05) is 39.8 Å². The van der Waals surface area contributed by atoms with E-state index in [0.717, 1.165) is 18.6 Å². The molecule has 0 aromatic heterocycles. The first-order valence-electron chi connectivity index (χ1n) is 11.9. The first kappa shape index (κ1) is 30.1. The van der Waals surface area contributed by atoms with Crippen LogP contribution in [-0.4, -0.2) is 102 Å². The second kappa shape index (κ2) is 13.8. The minimum Gasteiger partial charge on any atom is -0.353 e. The highest BCUT2D eigenvalue weighted by Crippen LogP contribution is 2.25. The molecule has 0 bridgehead atoms. The van der Waals surface area contributed by atoms with Gasteiger partial charge in [0.2, 0.25) is 23.6 Å². The Kier molecular flexibility index (Phi) is 12.2. The van der Waals surface area contributed by atoms with Crippen LogP contribution in [0.5, 0.6) is 0 Å². The Morgan fingerprint density at radius 3 is 2.29 bits per heavy atom. The van der Waals surface area contributed by atoms with Crippen LogP contribution in [0, 0.1) is 5.41 Å². The van der Waals surface area contributed by atoms with E-state index in [2.05, 4.69) is 5.32 Å². The Bertz CT molecular complexity index is 750. The summed E-state index contributed by atoms with van der Waals surface area (Å²) in [6.45, 7) is 6.53. The number of rotatable bonds is 14. The number of carbonyl (C=O) groups is 5. The number of likely N-dealkylation sites (tertiary alicyclic amines) is 1. The fraction of sp³-hybridized carbons (Fsp3) is 0.792. The van der Waals surface area contributed by atoms with Gasteiger partial charge in [0, 0.05) is 51.9 Å². The fourth-order valence-electron chi connectivity index (χ4n) is 3.39. The van der Waals surface area contributed by atoms with Gasteiger partial charge in [-0.2, -0.15) is 0 Å². The molecular weight excluding hydrogens is 456 g/mol. The quantitative estimate of drug-likeness (QED) is 0.286. The maximum Gasteiger partial charge on any atom is 0.243 e. The molecule has 1 N–H and O–H groups in total. The van der Waals surface area contributed by atoms with Crippen molar-refractivity contribution in [2.24, 2.45) is 5.41 Å². The zero-order valence-electron chi connectivity index (χ0n) is 21.8. The standard InChI is InChI=1S/C24H42N4O5S/c1-24(2,3)19(29)15-17(22(32)25-12-13-26(4)5)27(6)20(30)11-9-8-10-14-34-18-16-21(31)28(7)23(18)33/h17-18H,8-16H2,1-7H3,(H,25,32)/t17-,18?/m0/s1. The predicted octanol–water partition coefficient (Wildman–Crippen LogP) is 1.55. The van der Waals surface area contributed by atoms with E-state index >= 15 is 0 Å². The molecule has 34 heavy (non-hydrogen) atoms. The molecule has 0 saturated carbocycles. The second-order valence-electron chi connectivity index (χ2n) is 10.2. The average molecular weight is 499 g/mol. The number of nitrogens with zero attached hydrogens (tertiary/aromatic N) is 3. The van der Waals surface area contributed by atoms with E-state index in [1.54, 1.807) is 7.05 Å². The summed E-state index contributed by atoms with van der Waals surface area (Å²) >= 11 is 1.49. The van der Waals surface area contributed by atoms with Gasteiger partial charge in [-0.15, -0.1) is 11.8 Å². The van der Waals surface area contributed by atoms with E-state index < -0.39 is 11.5 Å². The lowest BCUT2D eigenvalue weighted by Gasteiger charge is -2.29. The molecule has 2 atom stereocenters. The van der Waals surface area contributed by atoms with Gasteiger partial charge in [0.05, 0.1) is 5.25 Å². The van der Waals surface area contributed by atoms with Crippen LogP contribution in [0.25, 0.3) is 0 Å². The SMILES string of the molecule is CN(C)CCNC(=O)[C@H](CC(=O)C(C)(C)C)N(C)C(=O)CCCCCSC1CC(=O)N(C)C1=O. The lowest BCUT2D eigenvalue weighted by atomic mass is 9.86. The molecule has 10 heteroatoms. The number of nitrogens with one attached hydrogen (secondary N) is 1. The second-order valence-corrected chi connectivity index (χ2v) is 11.5. The van der Waals surface area contributed by atoms with Crippen LogP contribution in [0.2, 0.25) is 0 Å². The summed E-state index contributed by atoms with van der Waals surface area (Å²) in [5, 5.41) is 2.55. The Labute approximate surface area is 208 Å². The highest BCUT2D eigenvalue weighted by molar-refractivity contribution is 8.00. The third-order valence-corrected chi connectivity index (χ3v) is 7.23. The minimum absolute atomic E-state index is 0.0151. The number of imide groups is 1. The van der Waals surface area contributed by atoms with Crippen LogP contribution < -0.4 is 5.32 Å². The Balaban J connectivity index is 2.52. The molecule has 0 aliphatic carbocycles. The molecule has 0 radical (unpaired) electrons. The third kappa shape index (κ3) is 9.74. The molecule has 1 heterocycles. The number of thioether (sulfide) groups is 1. The van der Waals surface area contributed by atoms with Gasteiger partial charge in [0.25, 0.3) is 0 Å². The maximum atomic E-state index is 12.8. The number of hydrogen-bond acceptors (Lipinski definition) is 7. The fourth-order valence-corrected chi connectivity index (χ4v) is 4.61. The molecular formula is C24H42N4O5S. The number of likely N-dealkylation sites (N-methyl/N-ethyl adjacent to an activating group) is 2. The number of ketones is 1. The first-order chi connectivity index (χ1) is 15.8. The molecule has 4 amide bonds. The summed E-state index contributed by atoms with van der Waals surface area (Å²) in [4.78, 5) is 66.3. The van der Waals surface area contributed by atoms with Crippen LogP contribution in [0.15, 0.2) is 0 Å². The molecule has 194 valence electrons. The van der Waals surface area contributed by atoms with Crippen LogP contribution in [0.3, 0.4) is 0 Å². The highest BCUT2D eigenvalue weighted by Gasteiger charge is 2.36. The molecule has 1 fully saturated rings. The van der Waals surface area contributed by atoms with E-state index in [4.69, 9.17) is 0 Å². The lowest BCUT2D eigenvalue weighted by molar-refractivity contribution is -0.142. The van der Waals surface area contributed by atoms with Crippen molar-refractivity contribution >= 4 is 41.2 Å². The normalized spacial score (nSPS) is 17.3. The average Bonchev–Trinajstić information content (AvgIpc) is 2.99. The molecule has 1 rings (SSSR count). The van der Waals surface area contributed by atoms with Crippen molar-refractivity contribution in [3.8, 4) is 0 Å². The van der Waals surface area contributed by atoms with Crippen molar-refractivity contribution in [3.05, 3.63) is 0 Å². The first-order valence-corrected chi connectivity index (χ1v) is 12.9. The van der Waals surface area contributed by atoms with Gasteiger partial charge >= 0.3 is 0 Å². The van der Waals surface area contributed by atoms with Crippen LogP contribution >= 0.6 is 11.8 Å². The molecule has 0 spiro atoms. The number of carbonyl (C=O) groups excluding carboxylic acids is 5. The summed E-state index contributed by atoms with van der Waals surface area (Å²) in [5.74, 6) is -0.0680. The molecule has 1 saturated heterocycles. The largest absolute Gasteiger partial charge is 0.353 e. The monoisotopic (exact) mass is 498 g/mol. The predicted molar refractivity (Wildman–Crippen MR) is 134 cm³/mol. The number of hydrogen-bond donors (Lipinski definition) is 1. The van der Waals surface area contributed by atoms with E-state index in [0.29, 0.717) is 19.5 Å². The topological polar surface area (TPSA) is 107 Å². The summed E-state index contributed by atoms with van der Waals surface area (Å²) in [7, 11) is 6.91. The van der Waals surface area contributed by atoms with Gasteiger partial charge in [0.15, 0.2) is 0 Å². The van der Waals surface area contributed by atoms with Crippen LogP contribution in [0.4, 0.5) is 0 Å².